The summed E-state index contributed by atoms with van der Waals surface area (Å²) in [6, 6.07) is 18.0. The molecule has 7 heteroatoms. The van der Waals surface area contributed by atoms with Gasteiger partial charge in [0.15, 0.2) is 5.82 Å². The standard InChI is InChI=1S/C24H23ClN4O2/c1-14-11-21(28-31-14)27-22(30)13-29-12-18(16-7-3-5-9-19(16)25)23-17-8-4-6-10-20(17)26-24(23)15(29)2/h3-11,15,18,26H,12-13H2,1-2H3,(H,27,28,30). The van der Waals surface area contributed by atoms with Crippen molar-refractivity contribution in [2.75, 3.05) is 18.4 Å². The van der Waals surface area contributed by atoms with Crippen LogP contribution in [0.4, 0.5) is 5.82 Å². The molecule has 0 spiro atoms. The molecule has 0 saturated heterocycles. The SMILES string of the molecule is Cc1cc(NC(=O)CN2CC(c3ccccc3Cl)c3c([nH]c4ccccc34)C2C)no1. The van der Waals surface area contributed by atoms with Crippen molar-refractivity contribution in [3.63, 3.8) is 0 Å². The van der Waals surface area contributed by atoms with E-state index in [4.69, 9.17) is 16.1 Å². The van der Waals surface area contributed by atoms with Crippen LogP contribution in [-0.2, 0) is 4.79 Å². The highest BCUT2D eigenvalue weighted by molar-refractivity contribution is 6.31. The third kappa shape index (κ3) is 3.62. The maximum Gasteiger partial charge on any atom is 0.239 e. The third-order valence-corrected chi connectivity index (χ3v) is 6.37. The highest BCUT2D eigenvalue weighted by Crippen LogP contribution is 2.44. The average Bonchev–Trinajstić information content (AvgIpc) is 3.34. The minimum atomic E-state index is -0.127. The Morgan fingerprint density at radius 2 is 2.03 bits per heavy atom. The quantitative estimate of drug-likeness (QED) is 0.459. The zero-order valence-electron chi connectivity index (χ0n) is 17.4. The van der Waals surface area contributed by atoms with E-state index in [-0.39, 0.29) is 24.4 Å². The Morgan fingerprint density at radius 3 is 2.81 bits per heavy atom. The fraction of sp³-hybridized carbons (Fsp3) is 0.250. The number of aryl methyl sites for hydroxylation is 1. The summed E-state index contributed by atoms with van der Waals surface area (Å²) < 4.78 is 5.05. The molecule has 0 fully saturated rings. The number of para-hydroxylation sites is 1. The number of nitrogens with zero attached hydrogens (tertiary/aromatic N) is 2. The summed E-state index contributed by atoms with van der Waals surface area (Å²) in [4.78, 5) is 18.5. The van der Waals surface area contributed by atoms with E-state index in [0.717, 1.165) is 21.8 Å². The van der Waals surface area contributed by atoms with Crippen LogP contribution in [0.1, 0.15) is 41.5 Å². The topological polar surface area (TPSA) is 74.2 Å². The Balaban J connectivity index is 1.52. The Bertz CT molecular complexity index is 1260. The van der Waals surface area contributed by atoms with Crippen molar-refractivity contribution in [1.82, 2.24) is 15.0 Å². The first-order chi connectivity index (χ1) is 15.0. The average molecular weight is 435 g/mol. The molecule has 1 aliphatic heterocycles. The first-order valence-corrected chi connectivity index (χ1v) is 10.7. The lowest BCUT2D eigenvalue weighted by Gasteiger charge is -2.38. The van der Waals surface area contributed by atoms with Gasteiger partial charge in [-0.15, -0.1) is 0 Å². The smallest absolute Gasteiger partial charge is 0.239 e. The summed E-state index contributed by atoms with van der Waals surface area (Å²) in [5, 5.41) is 8.62. The van der Waals surface area contributed by atoms with Gasteiger partial charge < -0.3 is 14.8 Å². The molecule has 6 nitrogen and oxygen atoms in total. The number of carbonyl (C=O) groups is 1. The van der Waals surface area contributed by atoms with Crippen LogP contribution in [0.25, 0.3) is 10.9 Å². The van der Waals surface area contributed by atoms with E-state index in [1.54, 1.807) is 13.0 Å². The van der Waals surface area contributed by atoms with E-state index < -0.39 is 0 Å². The van der Waals surface area contributed by atoms with E-state index in [9.17, 15) is 4.79 Å². The van der Waals surface area contributed by atoms with Gasteiger partial charge in [-0.25, -0.2) is 0 Å². The van der Waals surface area contributed by atoms with E-state index in [0.29, 0.717) is 18.1 Å². The largest absolute Gasteiger partial charge is 0.360 e. The summed E-state index contributed by atoms with van der Waals surface area (Å²) in [6.07, 6.45) is 0. The zero-order valence-corrected chi connectivity index (χ0v) is 18.1. The van der Waals surface area contributed by atoms with Gasteiger partial charge in [0, 0.05) is 46.2 Å². The van der Waals surface area contributed by atoms with E-state index >= 15 is 0 Å². The number of benzene rings is 2. The number of amides is 1. The second kappa shape index (κ2) is 7.87. The van der Waals surface area contributed by atoms with Crippen LogP contribution in [0.15, 0.2) is 59.1 Å². The highest BCUT2D eigenvalue weighted by atomic mass is 35.5. The number of hydrogen-bond donors (Lipinski definition) is 2. The Morgan fingerprint density at radius 1 is 1.26 bits per heavy atom. The van der Waals surface area contributed by atoms with Crippen molar-refractivity contribution in [2.24, 2.45) is 0 Å². The Hall–Kier alpha value is -3.09. The molecule has 0 bridgehead atoms. The van der Waals surface area contributed by atoms with Crippen LogP contribution in [0.2, 0.25) is 5.02 Å². The fourth-order valence-electron chi connectivity index (χ4n) is 4.56. The van der Waals surface area contributed by atoms with Crippen LogP contribution >= 0.6 is 11.6 Å². The second-order valence-corrected chi connectivity index (χ2v) is 8.46. The number of rotatable bonds is 4. The molecular weight excluding hydrogens is 412 g/mol. The van der Waals surface area contributed by atoms with Gasteiger partial charge in [-0.2, -0.15) is 0 Å². The summed E-state index contributed by atoms with van der Waals surface area (Å²) in [6.45, 7) is 4.85. The van der Waals surface area contributed by atoms with Gasteiger partial charge in [0.2, 0.25) is 5.91 Å². The molecule has 1 amide bonds. The van der Waals surface area contributed by atoms with Crippen LogP contribution in [-0.4, -0.2) is 34.0 Å². The minimum Gasteiger partial charge on any atom is -0.360 e. The van der Waals surface area contributed by atoms with Gasteiger partial charge in [0.05, 0.1) is 6.54 Å². The molecular formula is C24H23ClN4O2. The molecule has 4 aromatic rings. The number of nitrogens with one attached hydrogen (secondary N) is 2. The monoisotopic (exact) mass is 434 g/mol. The van der Waals surface area contributed by atoms with Crippen LogP contribution in [0, 0.1) is 6.92 Å². The second-order valence-electron chi connectivity index (χ2n) is 8.05. The molecule has 0 radical (unpaired) electrons. The number of aromatic nitrogens is 2. The van der Waals surface area contributed by atoms with Crippen molar-refractivity contribution in [3.05, 3.63) is 82.2 Å². The predicted octanol–water partition coefficient (Wildman–Crippen LogP) is 5.26. The first-order valence-electron chi connectivity index (χ1n) is 10.3. The van der Waals surface area contributed by atoms with Gasteiger partial charge in [0.25, 0.3) is 0 Å². The van der Waals surface area contributed by atoms with Crippen molar-refractivity contribution in [3.8, 4) is 0 Å². The lowest BCUT2D eigenvalue weighted by atomic mass is 9.83. The number of H-pyrrole nitrogens is 1. The van der Waals surface area contributed by atoms with Gasteiger partial charge >= 0.3 is 0 Å². The Kier molecular flexibility index (Phi) is 5.04. The normalized spacial score (nSPS) is 18.8. The van der Waals surface area contributed by atoms with Gasteiger partial charge in [-0.05, 0) is 37.1 Å². The number of fused-ring (bicyclic) bond motifs is 3. The van der Waals surface area contributed by atoms with E-state index in [1.807, 2.05) is 24.3 Å². The molecule has 2 atom stereocenters. The number of carbonyl (C=O) groups excluding carboxylic acids is 1. The molecule has 2 aromatic heterocycles. The maximum atomic E-state index is 12.8. The molecule has 2 unspecified atom stereocenters. The van der Waals surface area contributed by atoms with Gasteiger partial charge in [-0.1, -0.05) is 53.2 Å². The minimum absolute atomic E-state index is 0.0472. The number of aromatic amines is 1. The molecule has 0 saturated carbocycles. The van der Waals surface area contributed by atoms with Gasteiger partial charge in [-0.3, -0.25) is 9.69 Å². The molecule has 31 heavy (non-hydrogen) atoms. The highest BCUT2D eigenvalue weighted by Gasteiger charge is 2.36. The third-order valence-electron chi connectivity index (χ3n) is 6.03. The molecule has 0 aliphatic carbocycles. The fourth-order valence-corrected chi connectivity index (χ4v) is 4.83. The summed E-state index contributed by atoms with van der Waals surface area (Å²) in [7, 11) is 0. The van der Waals surface area contributed by atoms with E-state index in [2.05, 4.69) is 51.5 Å². The number of halogens is 1. The van der Waals surface area contributed by atoms with Crippen LogP contribution < -0.4 is 5.32 Å². The van der Waals surface area contributed by atoms with Crippen molar-refractivity contribution in [1.29, 1.82) is 0 Å². The summed E-state index contributed by atoms with van der Waals surface area (Å²) in [5.41, 5.74) is 4.56. The lowest BCUT2D eigenvalue weighted by molar-refractivity contribution is -0.118. The molecule has 5 rings (SSSR count). The summed E-state index contributed by atoms with van der Waals surface area (Å²) >= 11 is 6.62. The number of anilines is 1. The molecule has 3 heterocycles. The van der Waals surface area contributed by atoms with Crippen molar-refractivity contribution < 1.29 is 9.32 Å². The van der Waals surface area contributed by atoms with Crippen LogP contribution in [0.3, 0.4) is 0 Å². The first kappa shape index (κ1) is 19.8. The molecule has 158 valence electrons. The van der Waals surface area contributed by atoms with Crippen LogP contribution in [0.5, 0.6) is 0 Å². The van der Waals surface area contributed by atoms with Crippen molar-refractivity contribution >= 4 is 34.2 Å². The predicted molar refractivity (Wildman–Crippen MR) is 121 cm³/mol. The maximum absolute atomic E-state index is 12.8. The zero-order chi connectivity index (χ0) is 21.5. The van der Waals surface area contributed by atoms with Crippen molar-refractivity contribution in [2.45, 2.75) is 25.8 Å². The van der Waals surface area contributed by atoms with Gasteiger partial charge in [0.1, 0.15) is 5.76 Å². The lowest BCUT2D eigenvalue weighted by Crippen LogP contribution is -2.41. The molecule has 2 aromatic carbocycles. The van der Waals surface area contributed by atoms with E-state index in [1.165, 1.54) is 10.9 Å². The Labute approximate surface area is 185 Å². The summed E-state index contributed by atoms with van der Waals surface area (Å²) in [5.74, 6) is 1.01. The molecule has 1 aliphatic rings. The molecule has 2 N–H and O–H groups in total. The number of hydrogen-bond acceptors (Lipinski definition) is 4.